The molecule has 0 aliphatic rings. The summed E-state index contributed by atoms with van der Waals surface area (Å²) in [4.78, 5) is 3.37. The van der Waals surface area contributed by atoms with Crippen LogP contribution in [0.5, 0.6) is 0 Å². The van der Waals surface area contributed by atoms with Crippen LogP contribution in [0.25, 0.3) is 0 Å². The molecule has 3 N–H and O–H groups in total. The second-order valence-corrected chi connectivity index (χ2v) is 4.11. The van der Waals surface area contributed by atoms with Gasteiger partial charge in [-0.3, -0.25) is 10.3 Å². The molecule has 0 aliphatic carbocycles. The Kier molecular flexibility index (Phi) is 3.45. The van der Waals surface area contributed by atoms with E-state index in [0.29, 0.717) is 12.6 Å². The highest BCUT2D eigenvalue weighted by Gasteiger charge is 2.12. The van der Waals surface area contributed by atoms with Crippen LogP contribution in [0.15, 0.2) is 17.5 Å². The zero-order valence-corrected chi connectivity index (χ0v) is 8.77. The highest BCUT2D eigenvalue weighted by atomic mass is 32.1. The van der Waals surface area contributed by atoms with Crippen LogP contribution in [0.2, 0.25) is 0 Å². The number of likely N-dealkylation sites (N-methyl/N-ethyl adjacent to an activating group) is 1. The number of nitrogens with one attached hydrogen (secondary N) is 1. The van der Waals surface area contributed by atoms with Gasteiger partial charge in [0.1, 0.15) is 5.84 Å². The maximum atomic E-state index is 7.18. The van der Waals surface area contributed by atoms with Crippen molar-refractivity contribution in [1.29, 1.82) is 5.41 Å². The van der Waals surface area contributed by atoms with Crippen molar-refractivity contribution in [3.8, 4) is 0 Å². The molecule has 1 aromatic heterocycles. The number of nitrogens with zero attached hydrogens (tertiary/aromatic N) is 1. The molecule has 1 aromatic rings. The van der Waals surface area contributed by atoms with E-state index in [0.717, 1.165) is 0 Å². The lowest BCUT2D eigenvalue weighted by Gasteiger charge is -2.22. The van der Waals surface area contributed by atoms with Gasteiger partial charge in [0.2, 0.25) is 0 Å². The molecule has 1 unspecified atom stereocenters. The maximum Gasteiger partial charge on any atom is 0.105 e. The first-order valence-corrected chi connectivity index (χ1v) is 5.05. The van der Waals surface area contributed by atoms with Gasteiger partial charge in [-0.1, -0.05) is 6.07 Å². The van der Waals surface area contributed by atoms with Crippen LogP contribution in [-0.4, -0.2) is 24.3 Å². The number of hydrogen-bond acceptors (Lipinski definition) is 3. The second kappa shape index (κ2) is 4.39. The maximum absolute atomic E-state index is 7.18. The highest BCUT2D eigenvalue weighted by Crippen LogP contribution is 2.22. The van der Waals surface area contributed by atoms with E-state index < -0.39 is 0 Å². The van der Waals surface area contributed by atoms with Gasteiger partial charge < -0.3 is 5.73 Å². The lowest BCUT2D eigenvalue weighted by Crippen LogP contribution is -2.31. The molecule has 0 fully saturated rings. The summed E-state index contributed by atoms with van der Waals surface area (Å²) in [7, 11) is 1.98. The minimum atomic E-state index is 0.214. The first-order chi connectivity index (χ1) is 6.11. The van der Waals surface area contributed by atoms with Gasteiger partial charge in [-0.2, -0.15) is 0 Å². The van der Waals surface area contributed by atoms with Gasteiger partial charge in [0.05, 0.1) is 6.54 Å². The topological polar surface area (TPSA) is 53.1 Å². The van der Waals surface area contributed by atoms with Crippen molar-refractivity contribution < 1.29 is 0 Å². The molecule has 0 aromatic carbocycles. The zero-order valence-electron chi connectivity index (χ0n) is 7.95. The van der Waals surface area contributed by atoms with Gasteiger partial charge in [0, 0.05) is 10.9 Å². The summed E-state index contributed by atoms with van der Waals surface area (Å²) in [6.45, 7) is 2.65. The number of nitrogens with two attached hydrogens (primary N) is 1. The molecule has 4 heteroatoms. The van der Waals surface area contributed by atoms with E-state index >= 15 is 0 Å². The normalized spacial score (nSPS) is 13.2. The van der Waals surface area contributed by atoms with Gasteiger partial charge in [-0.05, 0) is 25.4 Å². The summed E-state index contributed by atoms with van der Waals surface area (Å²) in [5.74, 6) is 0.214. The molecule has 0 aliphatic heterocycles. The van der Waals surface area contributed by atoms with Crippen molar-refractivity contribution in [3.63, 3.8) is 0 Å². The lowest BCUT2D eigenvalue weighted by atomic mass is 10.2. The summed E-state index contributed by atoms with van der Waals surface area (Å²) < 4.78 is 0. The SMILES string of the molecule is CC(c1cccs1)N(C)CC(=N)N. The molecule has 0 amide bonds. The van der Waals surface area contributed by atoms with Crippen molar-refractivity contribution in [2.24, 2.45) is 5.73 Å². The average molecular weight is 197 g/mol. The minimum absolute atomic E-state index is 0.214. The third kappa shape index (κ3) is 2.82. The fraction of sp³-hybridized carbons (Fsp3) is 0.444. The molecule has 0 bridgehead atoms. The third-order valence-corrected chi connectivity index (χ3v) is 3.08. The Labute approximate surface area is 82.7 Å². The Bertz CT molecular complexity index is 268. The molecule has 3 nitrogen and oxygen atoms in total. The van der Waals surface area contributed by atoms with Gasteiger partial charge in [0.25, 0.3) is 0 Å². The van der Waals surface area contributed by atoms with Gasteiger partial charge in [0.15, 0.2) is 0 Å². The van der Waals surface area contributed by atoms with Gasteiger partial charge in [-0.25, -0.2) is 0 Å². The second-order valence-electron chi connectivity index (χ2n) is 3.13. The van der Waals surface area contributed by atoms with Crippen molar-refractivity contribution in [2.45, 2.75) is 13.0 Å². The Morgan fingerprint density at radius 2 is 2.46 bits per heavy atom. The molecule has 0 radical (unpaired) electrons. The van der Waals surface area contributed by atoms with Crippen molar-refractivity contribution in [2.75, 3.05) is 13.6 Å². The van der Waals surface area contributed by atoms with Crippen molar-refractivity contribution in [3.05, 3.63) is 22.4 Å². The van der Waals surface area contributed by atoms with Crippen LogP contribution in [0.4, 0.5) is 0 Å². The van der Waals surface area contributed by atoms with E-state index in [1.54, 1.807) is 11.3 Å². The number of rotatable bonds is 4. The van der Waals surface area contributed by atoms with E-state index in [9.17, 15) is 0 Å². The first-order valence-electron chi connectivity index (χ1n) is 4.18. The Morgan fingerprint density at radius 3 is 2.92 bits per heavy atom. The molecule has 13 heavy (non-hydrogen) atoms. The molecule has 0 spiro atoms. The van der Waals surface area contributed by atoms with Crippen molar-refractivity contribution >= 4 is 17.2 Å². The molecule has 0 saturated carbocycles. The lowest BCUT2D eigenvalue weighted by molar-refractivity contribution is 0.301. The van der Waals surface area contributed by atoms with E-state index in [2.05, 4.69) is 23.3 Å². The summed E-state index contributed by atoms with van der Waals surface area (Å²) in [5.41, 5.74) is 5.33. The van der Waals surface area contributed by atoms with Crippen LogP contribution in [-0.2, 0) is 0 Å². The smallest absolute Gasteiger partial charge is 0.105 e. The minimum Gasteiger partial charge on any atom is -0.387 e. The van der Waals surface area contributed by atoms with Crippen molar-refractivity contribution in [1.82, 2.24) is 4.90 Å². The summed E-state index contributed by atoms with van der Waals surface area (Å²) >= 11 is 1.73. The fourth-order valence-electron chi connectivity index (χ4n) is 1.15. The largest absolute Gasteiger partial charge is 0.387 e. The van der Waals surface area contributed by atoms with E-state index in [1.165, 1.54) is 4.88 Å². The van der Waals surface area contributed by atoms with Crippen LogP contribution >= 0.6 is 11.3 Å². The number of amidine groups is 1. The van der Waals surface area contributed by atoms with Gasteiger partial charge in [-0.15, -0.1) is 11.3 Å². The quantitative estimate of drug-likeness (QED) is 0.570. The first kappa shape index (κ1) is 10.2. The molecule has 1 rings (SSSR count). The monoisotopic (exact) mass is 197 g/mol. The van der Waals surface area contributed by atoms with Gasteiger partial charge >= 0.3 is 0 Å². The van der Waals surface area contributed by atoms with Crippen LogP contribution in [0.1, 0.15) is 17.8 Å². The molecule has 1 atom stereocenters. The third-order valence-electron chi connectivity index (χ3n) is 2.04. The summed E-state index contributed by atoms with van der Waals surface area (Å²) in [5, 5.41) is 9.25. The number of hydrogen-bond donors (Lipinski definition) is 2. The Balaban J connectivity index is 2.57. The van der Waals surface area contributed by atoms with Crippen LogP contribution < -0.4 is 5.73 Å². The predicted molar refractivity (Wildman–Crippen MR) is 57.3 cm³/mol. The summed E-state index contributed by atoms with van der Waals surface area (Å²) in [6.07, 6.45) is 0. The van der Waals surface area contributed by atoms with Crippen LogP contribution in [0.3, 0.4) is 0 Å². The molecular formula is C9H15N3S. The fourth-order valence-corrected chi connectivity index (χ4v) is 2.00. The molecule has 1 heterocycles. The summed E-state index contributed by atoms with van der Waals surface area (Å²) in [6, 6.07) is 4.48. The zero-order chi connectivity index (χ0) is 9.84. The van der Waals surface area contributed by atoms with E-state index in [1.807, 2.05) is 13.1 Å². The Morgan fingerprint density at radius 1 is 1.77 bits per heavy atom. The predicted octanol–water partition coefficient (Wildman–Crippen LogP) is 1.68. The standard InChI is InChI=1S/C9H15N3S/c1-7(8-4-3-5-13-8)12(2)6-9(10)11/h3-5,7H,6H2,1-2H3,(H3,10,11). The Hall–Kier alpha value is -0.870. The number of thiophene rings is 1. The molecule has 72 valence electrons. The van der Waals surface area contributed by atoms with Crippen LogP contribution in [0, 0.1) is 5.41 Å². The van der Waals surface area contributed by atoms with E-state index in [-0.39, 0.29) is 5.84 Å². The highest BCUT2D eigenvalue weighted by molar-refractivity contribution is 7.10. The molecule has 0 saturated heterocycles. The average Bonchev–Trinajstić information content (AvgIpc) is 2.53. The molecular weight excluding hydrogens is 182 g/mol. The van der Waals surface area contributed by atoms with E-state index in [4.69, 9.17) is 11.1 Å².